The molecular formula is C17H19N3O4. The second kappa shape index (κ2) is 8.11. The zero-order valence-electron chi connectivity index (χ0n) is 13.5. The fourth-order valence-electron chi connectivity index (χ4n) is 2.81. The van der Waals surface area contributed by atoms with Crippen molar-refractivity contribution in [2.24, 2.45) is 5.92 Å². The summed E-state index contributed by atoms with van der Waals surface area (Å²) in [6.45, 7) is 3.34. The van der Waals surface area contributed by atoms with E-state index in [9.17, 15) is 14.9 Å². The van der Waals surface area contributed by atoms with Crippen molar-refractivity contribution in [1.82, 2.24) is 4.90 Å². The monoisotopic (exact) mass is 329 g/mol. The summed E-state index contributed by atoms with van der Waals surface area (Å²) < 4.78 is 5.05. The predicted octanol–water partition coefficient (Wildman–Crippen LogP) is 2.73. The summed E-state index contributed by atoms with van der Waals surface area (Å²) >= 11 is 0. The number of likely N-dealkylation sites (tertiary alicyclic amines) is 1. The van der Waals surface area contributed by atoms with Crippen molar-refractivity contribution in [2.45, 2.75) is 19.8 Å². The average Bonchev–Trinajstić information content (AvgIpc) is 2.60. The summed E-state index contributed by atoms with van der Waals surface area (Å²) in [4.78, 5) is 24.3. The van der Waals surface area contributed by atoms with Gasteiger partial charge in [-0.05, 0) is 19.8 Å². The molecule has 1 aromatic carbocycles. The number of benzene rings is 1. The molecule has 7 heteroatoms. The van der Waals surface area contributed by atoms with Crippen LogP contribution >= 0.6 is 0 Å². The molecule has 0 aliphatic carbocycles. The SMILES string of the molecule is CCOC(=O)C1CCN(/C(=C\C#N)c2cccc([N+](=O)[O-])c2)CC1. The first kappa shape index (κ1) is 17.5. The first-order chi connectivity index (χ1) is 11.6. The van der Waals surface area contributed by atoms with Gasteiger partial charge in [0.25, 0.3) is 5.69 Å². The maximum atomic E-state index is 11.8. The highest BCUT2D eigenvalue weighted by molar-refractivity contribution is 5.73. The van der Waals surface area contributed by atoms with Crippen LogP contribution in [0.25, 0.3) is 5.70 Å². The number of carbonyl (C=O) groups excluding carboxylic acids is 1. The van der Waals surface area contributed by atoms with Gasteiger partial charge in [-0.1, -0.05) is 12.1 Å². The number of esters is 1. The van der Waals surface area contributed by atoms with Gasteiger partial charge in [-0.15, -0.1) is 0 Å². The van der Waals surface area contributed by atoms with Crippen molar-refractivity contribution in [3.8, 4) is 6.07 Å². The quantitative estimate of drug-likeness (QED) is 0.357. The minimum Gasteiger partial charge on any atom is -0.466 e. The minimum atomic E-state index is -0.458. The Kier molecular flexibility index (Phi) is 5.90. The van der Waals surface area contributed by atoms with Crippen molar-refractivity contribution in [3.63, 3.8) is 0 Å². The summed E-state index contributed by atoms with van der Waals surface area (Å²) in [5, 5.41) is 20.0. The van der Waals surface area contributed by atoms with Gasteiger partial charge in [0.1, 0.15) is 0 Å². The van der Waals surface area contributed by atoms with Crippen LogP contribution in [-0.2, 0) is 9.53 Å². The van der Waals surface area contributed by atoms with Gasteiger partial charge in [-0.3, -0.25) is 14.9 Å². The van der Waals surface area contributed by atoms with E-state index in [0.29, 0.717) is 43.8 Å². The molecule has 1 saturated heterocycles. The zero-order valence-corrected chi connectivity index (χ0v) is 13.5. The van der Waals surface area contributed by atoms with Crippen molar-refractivity contribution in [2.75, 3.05) is 19.7 Å². The number of carbonyl (C=O) groups is 1. The van der Waals surface area contributed by atoms with E-state index in [0.717, 1.165) is 0 Å². The van der Waals surface area contributed by atoms with Gasteiger partial charge in [0.05, 0.1) is 29.2 Å². The molecular weight excluding hydrogens is 310 g/mol. The molecule has 1 fully saturated rings. The highest BCUT2D eigenvalue weighted by Crippen LogP contribution is 2.28. The van der Waals surface area contributed by atoms with Crippen LogP contribution in [-0.4, -0.2) is 35.5 Å². The molecule has 1 heterocycles. The second-order valence-electron chi connectivity index (χ2n) is 5.48. The number of hydrogen-bond acceptors (Lipinski definition) is 6. The molecule has 0 bridgehead atoms. The van der Waals surface area contributed by atoms with E-state index in [2.05, 4.69) is 0 Å². The minimum absolute atomic E-state index is 0.0160. The summed E-state index contributed by atoms with van der Waals surface area (Å²) in [6, 6.07) is 8.22. The fourth-order valence-corrected chi connectivity index (χ4v) is 2.81. The first-order valence-corrected chi connectivity index (χ1v) is 7.83. The molecule has 0 amide bonds. The lowest BCUT2D eigenvalue weighted by molar-refractivity contribution is -0.384. The molecule has 1 aromatic rings. The molecule has 2 rings (SSSR count). The Bertz CT molecular complexity index is 685. The fraction of sp³-hybridized carbons (Fsp3) is 0.412. The number of nitro benzene ring substituents is 1. The van der Waals surface area contributed by atoms with Gasteiger partial charge in [-0.25, -0.2) is 0 Å². The van der Waals surface area contributed by atoms with Crippen molar-refractivity contribution in [1.29, 1.82) is 5.26 Å². The van der Waals surface area contributed by atoms with E-state index in [4.69, 9.17) is 10.00 Å². The number of allylic oxidation sites excluding steroid dienone is 1. The number of nitriles is 1. The molecule has 0 saturated carbocycles. The molecule has 0 spiro atoms. The van der Waals surface area contributed by atoms with Crippen LogP contribution in [0.4, 0.5) is 5.69 Å². The van der Waals surface area contributed by atoms with Gasteiger partial charge in [-0.2, -0.15) is 5.26 Å². The molecule has 0 N–H and O–H groups in total. The van der Waals surface area contributed by atoms with Crippen LogP contribution in [0.2, 0.25) is 0 Å². The number of ether oxygens (including phenoxy) is 1. The lowest BCUT2D eigenvalue weighted by Crippen LogP contribution is -2.36. The van der Waals surface area contributed by atoms with Crippen molar-refractivity contribution in [3.05, 3.63) is 46.0 Å². The predicted molar refractivity (Wildman–Crippen MR) is 87.6 cm³/mol. The van der Waals surface area contributed by atoms with Crippen LogP contribution in [0.15, 0.2) is 30.3 Å². The van der Waals surface area contributed by atoms with Crippen LogP contribution in [0.1, 0.15) is 25.3 Å². The summed E-state index contributed by atoms with van der Waals surface area (Å²) in [5.41, 5.74) is 1.25. The molecule has 0 unspecified atom stereocenters. The highest BCUT2D eigenvalue weighted by atomic mass is 16.6. The van der Waals surface area contributed by atoms with Gasteiger partial charge in [0.15, 0.2) is 0 Å². The maximum absolute atomic E-state index is 11.8. The Labute approximate surface area is 140 Å². The number of nitrogens with zero attached hydrogens (tertiary/aromatic N) is 3. The van der Waals surface area contributed by atoms with Gasteiger partial charge in [0.2, 0.25) is 0 Å². The Morgan fingerprint density at radius 2 is 2.21 bits per heavy atom. The van der Waals surface area contributed by atoms with E-state index >= 15 is 0 Å². The van der Waals surface area contributed by atoms with E-state index in [1.54, 1.807) is 19.1 Å². The lowest BCUT2D eigenvalue weighted by Gasteiger charge is -2.34. The normalized spacial score (nSPS) is 15.7. The van der Waals surface area contributed by atoms with Gasteiger partial charge < -0.3 is 9.64 Å². The van der Waals surface area contributed by atoms with Crippen LogP contribution in [0.5, 0.6) is 0 Å². The molecule has 24 heavy (non-hydrogen) atoms. The molecule has 1 aliphatic rings. The molecule has 1 aliphatic heterocycles. The summed E-state index contributed by atoms with van der Waals surface area (Å²) in [7, 11) is 0. The number of nitro groups is 1. The van der Waals surface area contributed by atoms with Crippen molar-refractivity contribution >= 4 is 17.4 Å². The van der Waals surface area contributed by atoms with E-state index in [1.807, 2.05) is 11.0 Å². The molecule has 126 valence electrons. The Morgan fingerprint density at radius 3 is 2.79 bits per heavy atom. The Balaban J connectivity index is 2.15. The first-order valence-electron chi connectivity index (χ1n) is 7.83. The third kappa shape index (κ3) is 4.10. The standard InChI is InChI=1S/C17H19N3O4/c1-2-24-17(21)13-7-10-19(11-8-13)16(6-9-18)14-4-3-5-15(12-14)20(22)23/h3-6,12-13H,2,7-8,10-11H2,1H3/b16-6-. The lowest BCUT2D eigenvalue weighted by atomic mass is 9.95. The van der Waals surface area contributed by atoms with Crippen LogP contribution in [0, 0.1) is 27.4 Å². The molecule has 0 atom stereocenters. The molecule has 0 aromatic heterocycles. The summed E-state index contributed by atoms with van der Waals surface area (Å²) in [5.74, 6) is -0.312. The largest absolute Gasteiger partial charge is 0.466 e. The van der Waals surface area contributed by atoms with E-state index in [1.165, 1.54) is 18.2 Å². The van der Waals surface area contributed by atoms with Gasteiger partial charge >= 0.3 is 5.97 Å². The van der Waals surface area contributed by atoms with Crippen LogP contribution in [0.3, 0.4) is 0 Å². The smallest absolute Gasteiger partial charge is 0.309 e. The van der Waals surface area contributed by atoms with Crippen molar-refractivity contribution < 1.29 is 14.5 Å². The third-order valence-corrected chi connectivity index (χ3v) is 4.01. The Hall–Kier alpha value is -2.88. The zero-order chi connectivity index (χ0) is 17.5. The topological polar surface area (TPSA) is 96.5 Å². The number of hydrogen-bond donors (Lipinski definition) is 0. The van der Waals surface area contributed by atoms with E-state index in [-0.39, 0.29) is 17.6 Å². The van der Waals surface area contributed by atoms with Crippen LogP contribution < -0.4 is 0 Å². The Morgan fingerprint density at radius 1 is 1.50 bits per heavy atom. The van der Waals surface area contributed by atoms with E-state index < -0.39 is 4.92 Å². The number of rotatable bonds is 5. The third-order valence-electron chi connectivity index (χ3n) is 4.01. The summed E-state index contributed by atoms with van der Waals surface area (Å²) in [6.07, 6.45) is 2.66. The highest BCUT2D eigenvalue weighted by Gasteiger charge is 2.27. The average molecular weight is 329 g/mol. The van der Waals surface area contributed by atoms with Gasteiger partial charge in [0, 0.05) is 36.9 Å². The second-order valence-corrected chi connectivity index (χ2v) is 5.48. The number of non-ortho nitro benzene ring substituents is 1. The number of piperidine rings is 1. The molecule has 0 radical (unpaired) electrons. The maximum Gasteiger partial charge on any atom is 0.309 e. The molecule has 7 nitrogen and oxygen atoms in total.